The Morgan fingerprint density at radius 3 is 2.77 bits per heavy atom. The van der Waals surface area contributed by atoms with Crippen molar-refractivity contribution in [1.29, 1.82) is 0 Å². The summed E-state index contributed by atoms with van der Waals surface area (Å²) in [5, 5.41) is 6.85. The molecule has 0 aromatic carbocycles. The average molecular weight is 527 g/mol. The van der Waals surface area contributed by atoms with Gasteiger partial charge in [0.25, 0.3) is 0 Å². The predicted molar refractivity (Wildman–Crippen MR) is 131 cm³/mol. The lowest BCUT2D eigenvalue weighted by molar-refractivity contribution is 0.146. The number of hydrogen-bond donors (Lipinski definition) is 2. The minimum atomic E-state index is 0. The monoisotopic (exact) mass is 527 g/mol. The number of hydrogen-bond acceptors (Lipinski definition) is 5. The first kappa shape index (κ1) is 24.5. The van der Waals surface area contributed by atoms with E-state index in [0.717, 1.165) is 43.5 Å². The molecule has 2 aromatic heterocycles. The van der Waals surface area contributed by atoms with Crippen molar-refractivity contribution >= 4 is 29.9 Å². The van der Waals surface area contributed by atoms with Crippen LogP contribution in [-0.2, 0) is 6.54 Å². The maximum atomic E-state index is 5.74. The Morgan fingerprint density at radius 1 is 1.23 bits per heavy atom. The van der Waals surface area contributed by atoms with Gasteiger partial charge in [0.15, 0.2) is 5.96 Å². The fourth-order valence-corrected chi connectivity index (χ4v) is 3.60. The first-order chi connectivity index (χ1) is 14.3. The number of guanidine groups is 1. The van der Waals surface area contributed by atoms with Crippen LogP contribution in [0.4, 0.5) is 0 Å². The molecule has 2 aromatic rings. The zero-order chi connectivity index (χ0) is 20.3. The van der Waals surface area contributed by atoms with Crippen LogP contribution in [0.2, 0.25) is 0 Å². The molecule has 1 saturated heterocycles. The first-order valence-electron chi connectivity index (χ1n) is 10.7. The van der Waals surface area contributed by atoms with Crippen molar-refractivity contribution in [2.75, 3.05) is 32.8 Å². The summed E-state index contributed by atoms with van der Waals surface area (Å²) in [6.45, 7) is 8.97. The van der Waals surface area contributed by atoms with Crippen LogP contribution in [0, 0.1) is 0 Å². The Bertz CT molecular complexity index is 748. The molecular weight excluding hydrogens is 493 g/mol. The van der Waals surface area contributed by atoms with Crippen molar-refractivity contribution in [3.05, 3.63) is 48.0 Å². The maximum absolute atomic E-state index is 5.74. The summed E-state index contributed by atoms with van der Waals surface area (Å²) < 4.78 is 11.2. The zero-order valence-electron chi connectivity index (χ0n) is 18.0. The Morgan fingerprint density at radius 2 is 2.07 bits per heavy atom. The van der Waals surface area contributed by atoms with E-state index < -0.39 is 0 Å². The summed E-state index contributed by atoms with van der Waals surface area (Å²) >= 11 is 0. The van der Waals surface area contributed by atoms with E-state index in [9.17, 15) is 0 Å². The van der Waals surface area contributed by atoms with E-state index in [1.807, 2.05) is 25.1 Å². The third kappa shape index (κ3) is 7.46. The van der Waals surface area contributed by atoms with Gasteiger partial charge in [0.1, 0.15) is 5.76 Å². The van der Waals surface area contributed by atoms with Gasteiger partial charge in [0.05, 0.1) is 25.5 Å². The smallest absolute Gasteiger partial charge is 0.213 e. The Kier molecular flexibility index (Phi) is 11.0. The van der Waals surface area contributed by atoms with Crippen LogP contribution in [0.25, 0.3) is 0 Å². The molecule has 1 fully saturated rings. The molecule has 1 aliphatic rings. The fourth-order valence-electron chi connectivity index (χ4n) is 3.60. The predicted octanol–water partition coefficient (Wildman–Crippen LogP) is 3.97. The highest BCUT2D eigenvalue weighted by Gasteiger charge is 2.24. The highest BCUT2D eigenvalue weighted by atomic mass is 127. The number of aromatic nitrogens is 1. The molecule has 30 heavy (non-hydrogen) atoms. The van der Waals surface area contributed by atoms with E-state index >= 15 is 0 Å². The molecule has 0 spiro atoms. The topological polar surface area (TPSA) is 74.9 Å². The van der Waals surface area contributed by atoms with E-state index in [4.69, 9.17) is 14.1 Å². The van der Waals surface area contributed by atoms with Crippen LogP contribution in [0.3, 0.4) is 0 Å². The van der Waals surface area contributed by atoms with Crippen molar-refractivity contribution in [2.45, 2.75) is 45.7 Å². The molecule has 8 heteroatoms. The van der Waals surface area contributed by atoms with Crippen LogP contribution in [-0.4, -0.2) is 48.6 Å². The normalized spacial score (nSPS) is 15.9. The molecular formula is C22H34IN5O2. The molecule has 0 radical (unpaired) electrons. The van der Waals surface area contributed by atoms with Crippen molar-refractivity contribution in [3.63, 3.8) is 0 Å². The summed E-state index contributed by atoms with van der Waals surface area (Å²) in [7, 11) is 0. The number of ether oxygens (including phenoxy) is 1. The van der Waals surface area contributed by atoms with Gasteiger partial charge in [-0.25, -0.2) is 9.98 Å². The Balaban J connectivity index is 0.00000320. The van der Waals surface area contributed by atoms with Crippen LogP contribution in [0.15, 0.2) is 46.1 Å². The molecule has 3 rings (SSSR count). The molecule has 0 bridgehead atoms. The number of likely N-dealkylation sites (tertiary alicyclic amines) is 1. The number of aliphatic imine (C=N–C) groups is 1. The highest BCUT2D eigenvalue weighted by Crippen LogP contribution is 2.24. The highest BCUT2D eigenvalue weighted by molar-refractivity contribution is 14.0. The van der Waals surface area contributed by atoms with Gasteiger partial charge >= 0.3 is 0 Å². The molecule has 0 saturated carbocycles. The van der Waals surface area contributed by atoms with Crippen LogP contribution in [0.1, 0.15) is 50.5 Å². The molecule has 0 aliphatic carbocycles. The van der Waals surface area contributed by atoms with Gasteiger partial charge in [-0.05, 0) is 63.5 Å². The van der Waals surface area contributed by atoms with Gasteiger partial charge in [-0.2, -0.15) is 0 Å². The van der Waals surface area contributed by atoms with E-state index in [1.165, 1.54) is 19.3 Å². The van der Waals surface area contributed by atoms with Gasteiger partial charge in [-0.3, -0.25) is 4.90 Å². The number of halogens is 1. The third-order valence-electron chi connectivity index (χ3n) is 5.02. The lowest BCUT2D eigenvalue weighted by atomic mass is 10.1. The summed E-state index contributed by atoms with van der Waals surface area (Å²) in [5.41, 5.74) is 1.07. The van der Waals surface area contributed by atoms with E-state index in [-0.39, 0.29) is 30.0 Å². The zero-order valence-corrected chi connectivity index (χ0v) is 20.3. The second kappa shape index (κ2) is 13.5. The quantitative estimate of drug-likeness (QED) is 0.292. The van der Waals surface area contributed by atoms with Crippen molar-refractivity contribution in [2.24, 2.45) is 4.99 Å². The summed E-state index contributed by atoms with van der Waals surface area (Å²) in [6.07, 6.45) is 7.32. The number of pyridine rings is 1. The Labute approximate surface area is 196 Å². The number of furan rings is 1. The van der Waals surface area contributed by atoms with Gasteiger partial charge in [-0.1, -0.05) is 6.42 Å². The number of nitrogens with one attached hydrogen (secondary N) is 2. The van der Waals surface area contributed by atoms with E-state index in [2.05, 4.69) is 33.5 Å². The van der Waals surface area contributed by atoms with Crippen LogP contribution >= 0.6 is 24.0 Å². The van der Waals surface area contributed by atoms with Gasteiger partial charge in [-0.15, -0.1) is 24.0 Å². The van der Waals surface area contributed by atoms with Crippen molar-refractivity contribution < 1.29 is 9.15 Å². The second-order valence-corrected chi connectivity index (χ2v) is 7.14. The molecule has 0 amide bonds. The SMILES string of the molecule is CCNC(=NCc1ccnc(OCC)c1)NCC(c1ccco1)N1CCCCC1.I. The summed E-state index contributed by atoms with van der Waals surface area (Å²) in [4.78, 5) is 11.5. The van der Waals surface area contributed by atoms with E-state index in [0.29, 0.717) is 19.0 Å². The van der Waals surface area contributed by atoms with Gasteiger partial charge < -0.3 is 19.8 Å². The Hall–Kier alpha value is -1.81. The van der Waals surface area contributed by atoms with Gasteiger partial charge in [0, 0.05) is 25.4 Å². The summed E-state index contributed by atoms with van der Waals surface area (Å²) in [5.74, 6) is 2.45. The number of piperidine rings is 1. The fraction of sp³-hybridized carbons (Fsp3) is 0.545. The molecule has 1 atom stereocenters. The largest absolute Gasteiger partial charge is 0.478 e. The van der Waals surface area contributed by atoms with Crippen molar-refractivity contribution in [1.82, 2.24) is 20.5 Å². The van der Waals surface area contributed by atoms with Crippen molar-refractivity contribution in [3.8, 4) is 5.88 Å². The molecule has 166 valence electrons. The van der Waals surface area contributed by atoms with E-state index in [1.54, 1.807) is 12.5 Å². The maximum Gasteiger partial charge on any atom is 0.213 e. The molecule has 3 heterocycles. The summed E-state index contributed by atoms with van der Waals surface area (Å²) in [6, 6.07) is 8.15. The molecule has 2 N–H and O–H groups in total. The number of nitrogens with zero attached hydrogens (tertiary/aromatic N) is 3. The molecule has 7 nitrogen and oxygen atoms in total. The van der Waals surface area contributed by atoms with Crippen LogP contribution in [0.5, 0.6) is 5.88 Å². The third-order valence-corrected chi connectivity index (χ3v) is 5.02. The lowest BCUT2D eigenvalue weighted by Crippen LogP contribution is -2.44. The minimum Gasteiger partial charge on any atom is -0.478 e. The number of rotatable bonds is 9. The molecule has 1 aliphatic heterocycles. The minimum absolute atomic E-state index is 0. The average Bonchev–Trinajstić information content (AvgIpc) is 3.28. The van der Waals surface area contributed by atoms with Gasteiger partial charge in [0.2, 0.25) is 5.88 Å². The molecule has 1 unspecified atom stereocenters. The second-order valence-electron chi connectivity index (χ2n) is 7.14. The lowest BCUT2D eigenvalue weighted by Gasteiger charge is -2.33. The standard InChI is InChI=1S/C22H33N5O2.HI/c1-3-23-22(25-16-18-10-11-24-21(15-18)28-4-2)26-17-19(20-9-8-14-29-20)27-12-6-5-7-13-27;/h8-11,14-15,19H,3-7,12-13,16-17H2,1-2H3,(H2,23,25,26);1H. The first-order valence-corrected chi connectivity index (χ1v) is 10.7. The van der Waals surface area contributed by atoms with Crippen LogP contribution < -0.4 is 15.4 Å².